The van der Waals surface area contributed by atoms with E-state index in [0.29, 0.717) is 24.4 Å². The second-order valence-corrected chi connectivity index (χ2v) is 9.49. The van der Waals surface area contributed by atoms with E-state index in [2.05, 4.69) is 9.88 Å². The number of nitrogens with zero attached hydrogens (tertiary/aromatic N) is 4. The topological polar surface area (TPSA) is 58.4 Å². The molecule has 2 aromatic heterocycles. The van der Waals surface area contributed by atoms with Crippen LogP contribution in [0.3, 0.4) is 0 Å². The summed E-state index contributed by atoms with van der Waals surface area (Å²) in [5.41, 5.74) is 1.14. The van der Waals surface area contributed by atoms with Gasteiger partial charge < -0.3 is 14.4 Å². The van der Waals surface area contributed by atoms with Crippen LogP contribution in [0.1, 0.15) is 54.2 Å². The van der Waals surface area contributed by atoms with Gasteiger partial charge in [-0.25, -0.2) is 4.98 Å². The van der Waals surface area contributed by atoms with Gasteiger partial charge in [0.1, 0.15) is 0 Å². The monoisotopic (exact) mass is 398 g/mol. The number of imidazole rings is 1. The zero-order valence-corrected chi connectivity index (χ0v) is 17.0. The molecule has 3 fully saturated rings. The van der Waals surface area contributed by atoms with E-state index in [1.165, 1.54) is 24.2 Å². The van der Waals surface area contributed by atoms with E-state index in [9.17, 15) is 9.59 Å². The fourth-order valence-electron chi connectivity index (χ4n) is 4.89. The highest BCUT2D eigenvalue weighted by Gasteiger charge is 2.54. The zero-order chi connectivity index (χ0) is 19.3. The third-order valence-corrected chi connectivity index (χ3v) is 7.21. The standard InChI is InChI=1S/C21H26N4O2S/c1-23-11-17(22-14-23)18-9-21(13-25(18)19(26)16-5-8-28-12-16)6-2-7-24(20(21)27)10-15-3-4-15/h5,8,11-12,14-15,18H,2-4,6-7,9-10,13H2,1H3. The summed E-state index contributed by atoms with van der Waals surface area (Å²) >= 11 is 1.53. The van der Waals surface area contributed by atoms with E-state index in [0.717, 1.165) is 31.6 Å². The third kappa shape index (κ3) is 3.05. The number of likely N-dealkylation sites (tertiary alicyclic amines) is 2. The Kier molecular flexibility index (Phi) is 4.30. The Morgan fingerprint density at radius 2 is 2.25 bits per heavy atom. The van der Waals surface area contributed by atoms with Crippen LogP contribution in [0.4, 0.5) is 0 Å². The Morgan fingerprint density at radius 3 is 2.93 bits per heavy atom. The predicted octanol–water partition coefficient (Wildman–Crippen LogP) is 3.09. The molecule has 2 unspecified atom stereocenters. The number of hydrogen-bond acceptors (Lipinski definition) is 4. The molecule has 1 spiro atoms. The van der Waals surface area contributed by atoms with Crippen molar-refractivity contribution in [2.24, 2.45) is 18.4 Å². The van der Waals surface area contributed by atoms with Gasteiger partial charge in [-0.15, -0.1) is 0 Å². The summed E-state index contributed by atoms with van der Waals surface area (Å²) in [5, 5.41) is 3.82. The average Bonchev–Trinajstić information content (AvgIpc) is 3.09. The van der Waals surface area contributed by atoms with Gasteiger partial charge in [-0.3, -0.25) is 9.59 Å². The Hall–Kier alpha value is -2.15. The first-order chi connectivity index (χ1) is 13.6. The van der Waals surface area contributed by atoms with Crippen LogP contribution in [0, 0.1) is 11.3 Å². The van der Waals surface area contributed by atoms with Gasteiger partial charge in [0.2, 0.25) is 5.91 Å². The van der Waals surface area contributed by atoms with Gasteiger partial charge >= 0.3 is 0 Å². The normalized spacial score (nSPS) is 27.8. The number of carbonyl (C=O) groups is 2. The van der Waals surface area contributed by atoms with E-state index in [-0.39, 0.29) is 17.9 Å². The lowest BCUT2D eigenvalue weighted by Gasteiger charge is -2.39. The van der Waals surface area contributed by atoms with Crippen LogP contribution in [0.5, 0.6) is 0 Å². The molecular weight excluding hydrogens is 372 g/mol. The lowest BCUT2D eigenvalue weighted by molar-refractivity contribution is -0.145. The Balaban J connectivity index is 1.47. The van der Waals surface area contributed by atoms with Crippen molar-refractivity contribution in [2.75, 3.05) is 19.6 Å². The van der Waals surface area contributed by atoms with E-state index in [1.54, 1.807) is 6.33 Å². The maximum Gasteiger partial charge on any atom is 0.255 e. The number of aryl methyl sites for hydroxylation is 1. The quantitative estimate of drug-likeness (QED) is 0.795. The third-order valence-electron chi connectivity index (χ3n) is 6.53. The minimum Gasteiger partial charge on any atom is -0.342 e. The lowest BCUT2D eigenvalue weighted by Crippen LogP contribution is -2.50. The lowest BCUT2D eigenvalue weighted by atomic mass is 9.76. The molecule has 0 aromatic carbocycles. The zero-order valence-electron chi connectivity index (χ0n) is 16.2. The van der Waals surface area contributed by atoms with E-state index < -0.39 is 5.41 Å². The highest BCUT2D eigenvalue weighted by Crippen LogP contribution is 2.49. The fourth-order valence-corrected chi connectivity index (χ4v) is 5.52. The van der Waals surface area contributed by atoms with Crippen molar-refractivity contribution in [1.82, 2.24) is 19.4 Å². The van der Waals surface area contributed by atoms with Gasteiger partial charge in [0.05, 0.1) is 29.0 Å². The van der Waals surface area contributed by atoms with Crippen LogP contribution in [-0.4, -0.2) is 50.8 Å². The van der Waals surface area contributed by atoms with Gasteiger partial charge in [-0.1, -0.05) is 0 Å². The van der Waals surface area contributed by atoms with Crippen molar-refractivity contribution in [2.45, 2.75) is 38.1 Å². The Morgan fingerprint density at radius 1 is 1.39 bits per heavy atom. The average molecular weight is 399 g/mol. The molecule has 0 radical (unpaired) electrons. The van der Waals surface area contributed by atoms with Gasteiger partial charge in [0.15, 0.2) is 0 Å². The number of hydrogen-bond donors (Lipinski definition) is 0. The molecule has 2 aromatic rings. The van der Waals surface area contributed by atoms with Crippen LogP contribution in [-0.2, 0) is 11.8 Å². The molecule has 0 bridgehead atoms. The van der Waals surface area contributed by atoms with Gasteiger partial charge in [0, 0.05) is 38.3 Å². The van der Waals surface area contributed by atoms with Crippen LogP contribution in [0.15, 0.2) is 29.4 Å². The summed E-state index contributed by atoms with van der Waals surface area (Å²) in [7, 11) is 1.94. The molecular formula is C21H26N4O2S. The minimum absolute atomic E-state index is 0.0147. The second kappa shape index (κ2) is 6.72. The minimum atomic E-state index is -0.457. The molecule has 28 heavy (non-hydrogen) atoms. The molecule has 6 nitrogen and oxygen atoms in total. The maximum absolute atomic E-state index is 13.5. The molecule has 7 heteroatoms. The number of thiophene rings is 1. The van der Waals surface area contributed by atoms with Crippen molar-refractivity contribution in [3.05, 3.63) is 40.6 Å². The molecule has 2 amide bonds. The number of rotatable bonds is 4. The molecule has 2 atom stereocenters. The summed E-state index contributed by atoms with van der Waals surface area (Å²) in [6, 6.07) is 1.73. The maximum atomic E-state index is 13.5. The molecule has 4 heterocycles. The van der Waals surface area contributed by atoms with Crippen LogP contribution < -0.4 is 0 Å². The largest absolute Gasteiger partial charge is 0.342 e. The fraction of sp³-hybridized carbons (Fsp3) is 0.571. The number of amides is 2. The summed E-state index contributed by atoms with van der Waals surface area (Å²) in [6.07, 6.45) is 8.81. The van der Waals surface area contributed by atoms with Gasteiger partial charge in [-0.2, -0.15) is 11.3 Å². The first-order valence-corrected chi connectivity index (χ1v) is 11.1. The van der Waals surface area contributed by atoms with Crippen LogP contribution >= 0.6 is 11.3 Å². The van der Waals surface area contributed by atoms with E-state index in [4.69, 9.17) is 0 Å². The molecule has 1 saturated carbocycles. The van der Waals surface area contributed by atoms with Crippen molar-refractivity contribution < 1.29 is 9.59 Å². The molecule has 2 aliphatic heterocycles. The SMILES string of the molecule is Cn1cnc(C2CC3(CCCN(CC4CC4)C3=O)CN2C(=O)c2ccsc2)c1. The molecule has 2 saturated heterocycles. The second-order valence-electron chi connectivity index (χ2n) is 8.71. The highest BCUT2D eigenvalue weighted by atomic mass is 32.1. The molecule has 5 rings (SSSR count). The van der Waals surface area contributed by atoms with Crippen LogP contribution in [0.2, 0.25) is 0 Å². The number of carbonyl (C=O) groups excluding carboxylic acids is 2. The van der Waals surface area contributed by atoms with E-state index >= 15 is 0 Å². The Labute approximate surface area is 169 Å². The molecule has 148 valence electrons. The first-order valence-electron chi connectivity index (χ1n) is 10.2. The van der Waals surface area contributed by atoms with Crippen molar-refractivity contribution >= 4 is 23.2 Å². The van der Waals surface area contributed by atoms with Gasteiger partial charge in [0.25, 0.3) is 5.91 Å². The highest BCUT2D eigenvalue weighted by molar-refractivity contribution is 7.08. The van der Waals surface area contributed by atoms with E-state index in [1.807, 2.05) is 39.5 Å². The predicted molar refractivity (Wildman–Crippen MR) is 107 cm³/mol. The van der Waals surface area contributed by atoms with Crippen molar-refractivity contribution in [1.29, 1.82) is 0 Å². The summed E-state index contributed by atoms with van der Waals surface area (Å²) in [4.78, 5) is 35.3. The summed E-state index contributed by atoms with van der Waals surface area (Å²) in [6.45, 7) is 2.26. The van der Waals surface area contributed by atoms with Gasteiger partial charge in [-0.05, 0) is 49.5 Å². The smallest absolute Gasteiger partial charge is 0.255 e. The Bertz CT molecular complexity index is 888. The van der Waals surface area contributed by atoms with Crippen molar-refractivity contribution in [3.8, 4) is 0 Å². The summed E-state index contributed by atoms with van der Waals surface area (Å²) < 4.78 is 1.91. The molecule has 1 aliphatic carbocycles. The number of piperidine rings is 1. The molecule has 3 aliphatic rings. The number of aromatic nitrogens is 2. The van der Waals surface area contributed by atoms with Crippen molar-refractivity contribution in [3.63, 3.8) is 0 Å². The van der Waals surface area contributed by atoms with Crippen LogP contribution in [0.25, 0.3) is 0 Å². The summed E-state index contributed by atoms with van der Waals surface area (Å²) in [5.74, 6) is 0.962. The molecule has 0 N–H and O–H groups in total. The first kappa shape index (κ1) is 17.9.